The summed E-state index contributed by atoms with van der Waals surface area (Å²) in [4.78, 5) is 25.8. The molecule has 0 aromatic carbocycles. The monoisotopic (exact) mass is 387 g/mol. The summed E-state index contributed by atoms with van der Waals surface area (Å²) in [6.45, 7) is 14.6. The van der Waals surface area contributed by atoms with Gasteiger partial charge in [0.15, 0.2) is 11.6 Å². The van der Waals surface area contributed by atoms with E-state index in [4.69, 9.17) is 9.57 Å². The summed E-state index contributed by atoms with van der Waals surface area (Å²) in [5.41, 5.74) is 0.908. The normalized spacial score (nSPS) is 17.7. The molecule has 0 aliphatic carbocycles. The zero-order chi connectivity index (χ0) is 20.4. The topological polar surface area (TPSA) is 78.8 Å². The molecule has 0 bridgehead atoms. The highest BCUT2D eigenvalue weighted by Crippen LogP contribution is 2.16. The molecule has 0 saturated carbocycles. The summed E-state index contributed by atoms with van der Waals surface area (Å²) in [5, 5.41) is 6.00. The van der Waals surface area contributed by atoms with Crippen molar-refractivity contribution in [2.24, 2.45) is 10.1 Å². The number of hydrogen-bond acceptors (Lipinski definition) is 6. The van der Waals surface area contributed by atoms with Crippen molar-refractivity contribution in [3.05, 3.63) is 48.1 Å². The largest absolute Gasteiger partial charge is 0.485 e. The standard InChI is InChI=1S/C20H29N5O3/c1-5-8-16(3)15-27-17-9-7-10-22-19(17)24-11-13-25(14-12-24)20(26)23-18(6-2)28-21-4/h5-6,8-9H,3-4,7,10-15H2,1-2H3,(H,23,26)/b8-5-,18-6-. The maximum absolute atomic E-state index is 12.4. The van der Waals surface area contributed by atoms with Gasteiger partial charge in [-0.1, -0.05) is 23.9 Å². The van der Waals surface area contributed by atoms with Gasteiger partial charge < -0.3 is 19.4 Å². The first-order chi connectivity index (χ1) is 13.6. The van der Waals surface area contributed by atoms with E-state index in [0.717, 1.165) is 30.1 Å². The fourth-order valence-corrected chi connectivity index (χ4v) is 2.89. The van der Waals surface area contributed by atoms with Gasteiger partial charge in [0, 0.05) is 39.4 Å². The number of urea groups is 1. The second-order valence-electron chi connectivity index (χ2n) is 6.29. The first kappa shape index (κ1) is 21.3. The molecule has 28 heavy (non-hydrogen) atoms. The van der Waals surface area contributed by atoms with Gasteiger partial charge in [-0.05, 0) is 38.0 Å². The van der Waals surface area contributed by atoms with E-state index in [2.05, 4.69) is 39.7 Å². The highest BCUT2D eigenvalue weighted by Gasteiger charge is 2.26. The minimum absolute atomic E-state index is 0.225. The Labute approximate surface area is 166 Å². The quantitative estimate of drug-likeness (QED) is 0.315. The van der Waals surface area contributed by atoms with Crippen LogP contribution in [0.2, 0.25) is 0 Å². The van der Waals surface area contributed by atoms with Crippen LogP contribution in [0, 0.1) is 0 Å². The van der Waals surface area contributed by atoms with Gasteiger partial charge in [-0.15, -0.1) is 0 Å². The number of dihydropyridines is 1. The third-order valence-electron chi connectivity index (χ3n) is 4.28. The Balaban J connectivity index is 1.89. The van der Waals surface area contributed by atoms with Crippen molar-refractivity contribution in [3.8, 4) is 0 Å². The molecule has 0 atom stereocenters. The van der Waals surface area contributed by atoms with Crippen LogP contribution >= 0.6 is 0 Å². The number of amidine groups is 1. The molecule has 0 unspecified atom stereocenters. The Morgan fingerprint density at radius 2 is 2.11 bits per heavy atom. The smallest absolute Gasteiger partial charge is 0.324 e. The first-order valence-electron chi connectivity index (χ1n) is 9.37. The number of ether oxygens (including phenoxy) is 1. The molecule has 0 aromatic heterocycles. The molecule has 0 radical (unpaired) electrons. The summed E-state index contributed by atoms with van der Waals surface area (Å²) < 4.78 is 5.94. The molecule has 1 saturated heterocycles. The number of nitrogens with zero attached hydrogens (tertiary/aromatic N) is 4. The molecule has 2 heterocycles. The number of carbonyl (C=O) groups excluding carboxylic acids is 1. The first-order valence-corrected chi connectivity index (χ1v) is 9.37. The Bertz CT molecular complexity index is 701. The molecule has 2 rings (SSSR count). The summed E-state index contributed by atoms with van der Waals surface area (Å²) in [5.74, 6) is 1.91. The molecule has 2 amide bonds. The van der Waals surface area contributed by atoms with Crippen LogP contribution in [-0.4, -0.2) is 67.7 Å². The average Bonchev–Trinajstić information content (AvgIpc) is 2.72. The highest BCUT2D eigenvalue weighted by atomic mass is 16.6. The molecule has 0 spiro atoms. The lowest BCUT2D eigenvalue weighted by Gasteiger charge is -2.37. The van der Waals surface area contributed by atoms with Crippen LogP contribution in [0.4, 0.5) is 4.79 Å². The molecule has 1 fully saturated rings. The van der Waals surface area contributed by atoms with Gasteiger partial charge in [-0.3, -0.25) is 10.3 Å². The second kappa shape index (κ2) is 11.0. The highest BCUT2D eigenvalue weighted by molar-refractivity contribution is 5.97. The van der Waals surface area contributed by atoms with Crippen molar-refractivity contribution >= 4 is 18.6 Å². The van der Waals surface area contributed by atoms with E-state index in [1.165, 1.54) is 0 Å². The summed E-state index contributed by atoms with van der Waals surface area (Å²) in [6, 6.07) is -0.225. The number of rotatable bonds is 7. The van der Waals surface area contributed by atoms with Crippen LogP contribution in [-0.2, 0) is 9.57 Å². The number of nitrogens with one attached hydrogen (secondary N) is 1. The van der Waals surface area contributed by atoms with Crippen molar-refractivity contribution < 1.29 is 14.4 Å². The van der Waals surface area contributed by atoms with Crippen molar-refractivity contribution in [3.63, 3.8) is 0 Å². The number of allylic oxidation sites excluding steroid dienone is 2. The van der Waals surface area contributed by atoms with Gasteiger partial charge in [0.05, 0.1) is 0 Å². The lowest BCUT2D eigenvalue weighted by atomic mass is 10.2. The molecule has 2 aliphatic heterocycles. The van der Waals surface area contributed by atoms with Gasteiger partial charge in [0.25, 0.3) is 0 Å². The molecule has 1 N–H and O–H groups in total. The maximum atomic E-state index is 12.4. The predicted molar refractivity (Wildman–Crippen MR) is 111 cm³/mol. The van der Waals surface area contributed by atoms with Crippen molar-refractivity contribution in [1.82, 2.24) is 15.1 Å². The van der Waals surface area contributed by atoms with Gasteiger partial charge in [-0.2, -0.15) is 0 Å². The summed E-state index contributed by atoms with van der Waals surface area (Å²) >= 11 is 0. The average molecular weight is 387 g/mol. The summed E-state index contributed by atoms with van der Waals surface area (Å²) in [6.07, 6.45) is 8.43. The Morgan fingerprint density at radius 3 is 2.75 bits per heavy atom. The molecule has 8 nitrogen and oxygen atoms in total. The third kappa shape index (κ3) is 6.00. The SMILES string of the molecule is C=NO/C(=C\C)NC(=O)N1CCN(C2=NCCC=C2OCC(=C)/C=C\C)CC1. The van der Waals surface area contributed by atoms with Crippen molar-refractivity contribution in [1.29, 1.82) is 0 Å². The third-order valence-corrected chi connectivity index (χ3v) is 4.28. The summed E-state index contributed by atoms with van der Waals surface area (Å²) in [7, 11) is 0. The molecule has 2 aliphatic rings. The Kier molecular flexibility index (Phi) is 8.33. The minimum atomic E-state index is -0.225. The van der Waals surface area contributed by atoms with Crippen LogP contribution in [0.3, 0.4) is 0 Å². The van der Waals surface area contributed by atoms with E-state index < -0.39 is 0 Å². The van der Waals surface area contributed by atoms with Crippen LogP contribution in [0.5, 0.6) is 0 Å². The van der Waals surface area contributed by atoms with Gasteiger partial charge in [0.1, 0.15) is 6.61 Å². The van der Waals surface area contributed by atoms with Crippen LogP contribution in [0.15, 0.2) is 58.2 Å². The molecule has 152 valence electrons. The van der Waals surface area contributed by atoms with Crippen LogP contribution in [0.1, 0.15) is 20.3 Å². The van der Waals surface area contributed by atoms with E-state index in [1.807, 2.05) is 19.1 Å². The molecule has 0 aromatic rings. The van der Waals surface area contributed by atoms with Gasteiger partial charge in [-0.25, -0.2) is 4.79 Å². The van der Waals surface area contributed by atoms with Crippen molar-refractivity contribution in [2.75, 3.05) is 39.3 Å². The zero-order valence-corrected chi connectivity index (χ0v) is 16.7. The Morgan fingerprint density at radius 1 is 1.36 bits per heavy atom. The molecular weight excluding hydrogens is 358 g/mol. The van der Waals surface area contributed by atoms with E-state index in [9.17, 15) is 4.79 Å². The Hall–Kier alpha value is -3.03. The van der Waals surface area contributed by atoms with E-state index in [0.29, 0.717) is 32.8 Å². The number of piperazine rings is 1. The number of carbonyl (C=O) groups is 1. The number of hydrogen-bond donors (Lipinski definition) is 1. The number of aliphatic imine (C=N–C) groups is 1. The maximum Gasteiger partial charge on any atom is 0.324 e. The fourth-order valence-electron chi connectivity index (χ4n) is 2.89. The van der Waals surface area contributed by atoms with Crippen molar-refractivity contribution in [2.45, 2.75) is 20.3 Å². The van der Waals surface area contributed by atoms with E-state index in [1.54, 1.807) is 17.9 Å². The second-order valence-corrected chi connectivity index (χ2v) is 6.29. The molecule has 8 heteroatoms. The zero-order valence-electron chi connectivity index (χ0n) is 16.7. The van der Waals surface area contributed by atoms with Gasteiger partial charge >= 0.3 is 6.03 Å². The van der Waals surface area contributed by atoms with Gasteiger partial charge in [0.2, 0.25) is 5.88 Å². The lowest BCUT2D eigenvalue weighted by Crippen LogP contribution is -2.53. The lowest BCUT2D eigenvalue weighted by molar-refractivity contribution is 0.154. The number of oxime groups is 1. The van der Waals surface area contributed by atoms with Crippen LogP contribution in [0.25, 0.3) is 0 Å². The minimum Gasteiger partial charge on any atom is -0.485 e. The fraction of sp³-hybridized carbons (Fsp3) is 0.450. The van der Waals surface area contributed by atoms with E-state index in [-0.39, 0.29) is 11.9 Å². The van der Waals surface area contributed by atoms with Crippen LogP contribution < -0.4 is 5.32 Å². The molecular formula is C20H29N5O3. The van der Waals surface area contributed by atoms with E-state index >= 15 is 0 Å². The predicted octanol–water partition coefficient (Wildman–Crippen LogP) is 2.64. The number of amides is 2.